The van der Waals surface area contributed by atoms with Crippen LogP contribution in [0.3, 0.4) is 0 Å². The number of nitrogens with one attached hydrogen (secondary N) is 2. The minimum atomic E-state index is -1.20. The van der Waals surface area contributed by atoms with Gasteiger partial charge in [-0.2, -0.15) is 5.26 Å². The molecule has 142 valence electrons. The largest absolute Gasteiger partial charge is 0.465 e. The van der Waals surface area contributed by atoms with Gasteiger partial charge in [0, 0.05) is 5.69 Å². The van der Waals surface area contributed by atoms with Gasteiger partial charge in [0.05, 0.1) is 35.0 Å². The Morgan fingerprint density at radius 2 is 1.71 bits per heavy atom. The summed E-state index contributed by atoms with van der Waals surface area (Å²) in [6.07, 6.45) is 0.796. The normalized spacial score (nSPS) is 13.8. The fraction of sp³-hybridized carbons (Fsp3) is 0.200. The predicted molar refractivity (Wildman–Crippen MR) is 103 cm³/mol. The monoisotopic (exact) mass is 397 g/mol. The lowest BCUT2D eigenvalue weighted by Crippen LogP contribution is -2.35. The van der Waals surface area contributed by atoms with Crippen molar-refractivity contribution in [3.8, 4) is 6.07 Å². The van der Waals surface area contributed by atoms with E-state index in [1.807, 2.05) is 6.07 Å². The molecule has 1 aliphatic carbocycles. The number of carbonyl (C=O) groups excluding carboxylic acids is 3. The maximum absolute atomic E-state index is 12.7. The summed E-state index contributed by atoms with van der Waals surface area (Å²) in [6.45, 7) is 0. The van der Waals surface area contributed by atoms with Gasteiger partial charge >= 0.3 is 5.97 Å². The molecule has 0 bridgehead atoms. The zero-order valence-corrected chi connectivity index (χ0v) is 15.7. The van der Waals surface area contributed by atoms with Crippen LogP contribution < -0.4 is 10.6 Å². The van der Waals surface area contributed by atoms with Gasteiger partial charge in [-0.1, -0.05) is 11.6 Å². The lowest BCUT2D eigenvalue weighted by atomic mass is 10.0. The first-order chi connectivity index (χ1) is 13.4. The number of methoxy groups -OCH3 is 1. The highest BCUT2D eigenvalue weighted by Crippen LogP contribution is 2.47. The number of rotatable bonds is 5. The molecule has 8 heteroatoms. The van der Waals surface area contributed by atoms with Crippen molar-refractivity contribution in [3.05, 3.63) is 58.6 Å². The molecule has 0 atom stereocenters. The van der Waals surface area contributed by atoms with E-state index in [0.29, 0.717) is 24.1 Å². The third kappa shape index (κ3) is 3.82. The van der Waals surface area contributed by atoms with Gasteiger partial charge in [-0.15, -0.1) is 0 Å². The van der Waals surface area contributed by atoms with Gasteiger partial charge in [0.25, 0.3) is 0 Å². The summed E-state index contributed by atoms with van der Waals surface area (Å²) in [5, 5.41) is 14.4. The van der Waals surface area contributed by atoms with E-state index in [4.69, 9.17) is 16.9 Å². The predicted octanol–water partition coefficient (Wildman–Crippen LogP) is 3.36. The quantitative estimate of drug-likeness (QED) is 0.594. The lowest BCUT2D eigenvalue weighted by molar-refractivity contribution is -0.131. The highest BCUT2D eigenvalue weighted by Gasteiger charge is 2.56. The van der Waals surface area contributed by atoms with E-state index in [2.05, 4.69) is 15.4 Å². The van der Waals surface area contributed by atoms with Crippen molar-refractivity contribution in [2.45, 2.75) is 12.8 Å². The van der Waals surface area contributed by atoms with Crippen molar-refractivity contribution >= 4 is 40.8 Å². The number of benzene rings is 2. The maximum Gasteiger partial charge on any atom is 0.337 e. The summed E-state index contributed by atoms with van der Waals surface area (Å²) in [5.74, 6) is -1.50. The Bertz CT molecular complexity index is 992. The Kier molecular flexibility index (Phi) is 5.34. The first kappa shape index (κ1) is 19.4. The second-order valence-corrected chi connectivity index (χ2v) is 6.77. The lowest BCUT2D eigenvalue weighted by Gasteiger charge is -2.16. The van der Waals surface area contributed by atoms with Crippen LogP contribution in [0.4, 0.5) is 11.4 Å². The van der Waals surface area contributed by atoms with Gasteiger partial charge in [0.2, 0.25) is 11.8 Å². The second kappa shape index (κ2) is 7.71. The zero-order valence-electron chi connectivity index (χ0n) is 14.9. The minimum Gasteiger partial charge on any atom is -0.465 e. The standard InChI is InChI=1S/C20H16ClN3O4/c1-28-17(25)13-4-7-15(21)16(10-13)24-19(27)20(8-9-20)18(26)23-14-5-2-12(11-22)3-6-14/h2-7,10H,8-9H2,1H3,(H,23,26)(H,24,27). The Balaban J connectivity index is 1.74. The van der Waals surface area contributed by atoms with Crippen molar-refractivity contribution < 1.29 is 19.1 Å². The molecule has 1 fully saturated rings. The smallest absolute Gasteiger partial charge is 0.337 e. The third-order valence-electron chi connectivity index (χ3n) is 4.53. The molecule has 2 aromatic rings. The van der Waals surface area contributed by atoms with Gasteiger partial charge in [0.1, 0.15) is 5.41 Å². The van der Waals surface area contributed by atoms with Crippen LogP contribution in [0.15, 0.2) is 42.5 Å². The topological polar surface area (TPSA) is 108 Å². The molecule has 0 aromatic heterocycles. The Morgan fingerprint density at radius 1 is 1.07 bits per heavy atom. The molecule has 0 spiro atoms. The molecule has 2 N–H and O–H groups in total. The van der Waals surface area contributed by atoms with Crippen molar-refractivity contribution in [2.75, 3.05) is 17.7 Å². The van der Waals surface area contributed by atoms with E-state index in [1.54, 1.807) is 24.3 Å². The van der Waals surface area contributed by atoms with E-state index in [9.17, 15) is 14.4 Å². The van der Waals surface area contributed by atoms with Crippen LogP contribution in [0.2, 0.25) is 5.02 Å². The molecule has 7 nitrogen and oxygen atoms in total. The van der Waals surface area contributed by atoms with Gasteiger partial charge in [0.15, 0.2) is 0 Å². The number of esters is 1. The molecule has 2 aromatic carbocycles. The summed E-state index contributed by atoms with van der Waals surface area (Å²) < 4.78 is 4.66. The van der Waals surface area contributed by atoms with Gasteiger partial charge in [-0.25, -0.2) is 4.79 Å². The third-order valence-corrected chi connectivity index (χ3v) is 4.86. The Hall–Kier alpha value is -3.37. The van der Waals surface area contributed by atoms with Crippen LogP contribution in [0.5, 0.6) is 0 Å². The van der Waals surface area contributed by atoms with Crippen molar-refractivity contribution in [1.82, 2.24) is 0 Å². The van der Waals surface area contributed by atoms with E-state index in [-0.39, 0.29) is 16.3 Å². The maximum atomic E-state index is 12.7. The summed E-state index contributed by atoms with van der Waals surface area (Å²) in [5.41, 5.74) is 0.227. The summed E-state index contributed by atoms with van der Waals surface area (Å²) >= 11 is 6.10. The molecular formula is C20H16ClN3O4. The van der Waals surface area contributed by atoms with Crippen LogP contribution >= 0.6 is 11.6 Å². The van der Waals surface area contributed by atoms with E-state index >= 15 is 0 Å². The van der Waals surface area contributed by atoms with Crippen molar-refractivity contribution in [1.29, 1.82) is 5.26 Å². The Morgan fingerprint density at radius 3 is 2.29 bits per heavy atom. The highest BCUT2D eigenvalue weighted by atomic mass is 35.5. The van der Waals surface area contributed by atoms with Crippen molar-refractivity contribution in [2.24, 2.45) is 5.41 Å². The van der Waals surface area contributed by atoms with E-state index < -0.39 is 23.2 Å². The van der Waals surface area contributed by atoms with Gasteiger partial charge < -0.3 is 15.4 Å². The van der Waals surface area contributed by atoms with E-state index in [1.165, 1.54) is 25.3 Å². The first-order valence-corrected chi connectivity index (χ1v) is 8.78. The molecule has 3 rings (SSSR count). The van der Waals surface area contributed by atoms with Gasteiger partial charge in [-0.3, -0.25) is 9.59 Å². The number of ether oxygens (including phenoxy) is 1. The summed E-state index contributed by atoms with van der Waals surface area (Å²) in [4.78, 5) is 37.1. The number of anilines is 2. The molecule has 2 amide bonds. The number of halogens is 1. The van der Waals surface area contributed by atoms with Gasteiger partial charge in [-0.05, 0) is 55.3 Å². The van der Waals surface area contributed by atoms with Crippen LogP contribution in [-0.4, -0.2) is 24.9 Å². The average Bonchev–Trinajstić information content (AvgIpc) is 3.52. The molecule has 0 heterocycles. The average molecular weight is 398 g/mol. The summed E-state index contributed by atoms with van der Waals surface area (Å²) in [7, 11) is 1.25. The SMILES string of the molecule is COC(=O)c1ccc(Cl)c(NC(=O)C2(C(=O)Nc3ccc(C#N)cc3)CC2)c1. The van der Waals surface area contributed by atoms with Crippen LogP contribution in [-0.2, 0) is 14.3 Å². The minimum absolute atomic E-state index is 0.229. The highest BCUT2D eigenvalue weighted by molar-refractivity contribution is 6.34. The van der Waals surface area contributed by atoms with Crippen LogP contribution in [0.1, 0.15) is 28.8 Å². The molecule has 0 saturated heterocycles. The second-order valence-electron chi connectivity index (χ2n) is 6.37. The molecule has 1 aliphatic rings. The molecule has 1 saturated carbocycles. The first-order valence-electron chi connectivity index (χ1n) is 8.40. The number of hydrogen-bond donors (Lipinski definition) is 2. The molecule has 0 radical (unpaired) electrons. The number of nitriles is 1. The van der Waals surface area contributed by atoms with Crippen molar-refractivity contribution in [3.63, 3.8) is 0 Å². The summed E-state index contributed by atoms with van der Waals surface area (Å²) in [6, 6.07) is 12.7. The zero-order chi connectivity index (χ0) is 20.3. The number of amides is 2. The van der Waals surface area contributed by atoms with Crippen LogP contribution in [0, 0.1) is 16.7 Å². The molecule has 28 heavy (non-hydrogen) atoms. The number of hydrogen-bond acceptors (Lipinski definition) is 5. The van der Waals surface area contributed by atoms with Crippen LogP contribution in [0.25, 0.3) is 0 Å². The Labute approximate surface area is 166 Å². The molecule has 0 unspecified atom stereocenters. The molecular weight excluding hydrogens is 382 g/mol. The van der Waals surface area contributed by atoms with E-state index in [0.717, 1.165) is 0 Å². The molecule has 0 aliphatic heterocycles. The fourth-order valence-corrected chi connectivity index (χ4v) is 2.83. The fourth-order valence-electron chi connectivity index (χ4n) is 2.67. The number of nitrogens with zero attached hydrogens (tertiary/aromatic N) is 1. The number of carbonyl (C=O) groups is 3.